The Kier molecular flexibility index (Phi) is 6.59. The summed E-state index contributed by atoms with van der Waals surface area (Å²) in [5.74, 6) is -0.0215. The molecule has 0 radical (unpaired) electrons. The van der Waals surface area contributed by atoms with Gasteiger partial charge in [0.2, 0.25) is 5.91 Å². The average molecular weight is 323 g/mol. The summed E-state index contributed by atoms with van der Waals surface area (Å²) in [6, 6.07) is 9.90. The lowest BCUT2D eigenvalue weighted by Crippen LogP contribution is -2.38. The molecule has 0 saturated heterocycles. The van der Waals surface area contributed by atoms with Gasteiger partial charge in [0.05, 0.1) is 17.8 Å². The highest BCUT2D eigenvalue weighted by Crippen LogP contribution is 2.18. The molecule has 3 N–H and O–H groups in total. The molecule has 2 rings (SSSR count). The van der Waals surface area contributed by atoms with Crippen molar-refractivity contribution in [3.63, 3.8) is 0 Å². The summed E-state index contributed by atoms with van der Waals surface area (Å²) in [5, 5.41) is 7.43. The Hall–Kier alpha value is -1.85. The number of nitrogens with one attached hydrogen (secondary N) is 1. The van der Waals surface area contributed by atoms with Gasteiger partial charge in [0.15, 0.2) is 0 Å². The lowest BCUT2D eigenvalue weighted by Gasteiger charge is -2.11. The van der Waals surface area contributed by atoms with Crippen molar-refractivity contribution in [2.75, 3.05) is 6.54 Å². The van der Waals surface area contributed by atoms with Crippen LogP contribution >= 0.6 is 12.4 Å². The number of carbonyl (C=O) groups excluding carboxylic acids is 1. The summed E-state index contributed by atoms with van der Waals surface area (Å²) < 4.78 is 1.88. The summed E-state index contributed by atoms with van der Waals surface area (Å²) in [6.45, 7) is 6.25. The van der Waals surface area contributed by atoms with E-state index >= 15 is 0 Å². The van der Waals surface area contributed by atoms with Gasteiger partial charge < -0.3 is 11.1 Å². The average Bonchev–Trinajstić information content (AvgIpc) is 2.76. The second-order valence-corrected chi connectivity index (χ2v) is 5.28. The Balaban J connectivity index is 0.00000242. The third-order valence-corrected chi connectivity index (χ3v) is 3.54. The highest BCUT2D eigenvalue weighted by Gasteiger charge is 2.16. The van der Waals surface area contributed by atoms with Crippen molar-refractivity contribution in [3.8, 4) is 5.69 Å². The SMILES string of the molecule is Cc1nn(-c2ccccc2)c(C)c1CC(=O)N[C@@H](C)CN.Cl. The van der Waals surface area contributed by atoms with Gasteiger partial charge in [-0.05, 0) is 32.9 Å². The van der Waals surface area contributed by atoms with Crippen LogP contribution in [0, 0.1) is 13.8 Å². The van der Waals surface area contributed by atoms with Gasteiger partial charge in [0, 0.05) is 23.8 Å². The molecule has 0 unspecified atom stereocenters. The van der Waals surface area contributed by atoms with Crippen LogP contribution < -0.4 is 11.1 Å². The maximum absolute atomic E-state index is 12.0. The van der Waals surface area contributed by atoms with Gasteiger partial charge in [-0.15, -0.1) is 12.4 Å². The van der Waals surface area contributed by atoms with Crippen LogP contribution in [0.3, 0.4) is 0 Å². The lowest BCUT2D eigenvalue weighted by atomic mass is 10.1. The largest absolute Gasteiger partial charge is 0.352 e. The number of carbonyl (C=O) groups is 1. The fourth-order valence-corrected chi connectivity index (χ4v) is 2.30. The molecule has 2 aromatic rings. The van der Waals surface area contributed by atoms with Crippen LogP contribution in [-0.4, -0.2) is 28.3 Å². The number of rotatable bonds is 5. The molecule has 6 heteroatoms. The topological polar surface area (TPSA) is 72.9 Å². The third-order valence-electron chi connectivity index (χ3n) is 3.54. The maximum Gasteiger partial charge on any atom is 0.224 e. The molecule has 0 aliphatic carbocycles. The predicted molar refractivity (Wildman–Crippen MR) is 90.6 cm³/mol. The van der Waals surface area contributed by atoms with Gasteiger partial charge in [-0.3, -0.25) is 4.79 Å². The summed E-state index contributed by atoms with van der Waals surface area (Å²) >= 11 is 0. The van der Waals surface area contributed by atoms with Gasteiger partial charge in [0.25, 0.3) is 0 Å². The standard InChI is InChI=1S/C16H22N4O.ClH/c1-11(10-17)18-16(21)9-15-12(2)19-20(13(15)3)14-7-5-4-6-8-14;/h4-8,11H,9-10,17H2,1-3H3,(H,18,21);1H/t11-;/m0./s1. The minimum absolute atomic E-state index is 0. The Morgan fingerprint density at radius 3 is 2.55 bits per heavy atom. The minimum atomic E-state index is -0.0215. The van der Waals surface area contributed by atoms with E-state index in [1.807, 2.05) is 55.8 Å². The second kappa shape index (κ2) is 7.96. The zero-order chi connectivity index (χ0) is 15.4. The van der Waals surface area contributed by atoms with Crippen LogP contribution in [0.5, 0.6) is 0 Å². The first-order chi connectivity index (χ1) is 10.0. The highest BCUT2D eigenvalue weighted by molar-refractivity contribution is 5.85. The number of para-hydroxylation sites is 1. The smallest absolute Gasteiger partial charge is 0.224 e. The first-order valence-corrected chi connectivity index (χ1v) is 7.13. The molecule has 1 heterocycles. The molecule has 1 aromatic heterocycles. The van der Waals surface area contributed by atoms with E-state index in [-0.39, 0.29) is 24.4 Å². The second-order valence-electron chi connectivity index (χ2n) is 5.28. The van der Waals surface area contributed by atoms with E-state index in [1.54, 1.807) is 0 Å². The monoisotopic (exact) mass is 322 g/mol. The molecule has 1 atom stereocenters. The number of aryl methyl sites for hydroxylation is 1. The third kappa shape index (κ3) is 4.08. The minimum Gasteiger partial charge on any atom is -0.352 e. The van der Waals surface area contributed by atoms with Crippen LogP contribution in [-0.2, 0) is 11.2 Å². The Labute approximate surface area is 137 Å². The van der Waals surface area contributed by atoms with Crippen molar-refractivity contribution in [3.05, 3.63) is 47.3 Å². The molecule has 0 spiro atoms. The van der Waals surface area contributed by atoms with E-state index < -0.39 is 0 Å². The zero-order valence-electron chi connectivity index (χ0n) is 13.2. The Bertz CT molecular complexity index is 625. The molecule has 120 valence electrons. The number of hydrogen-bond donors (Lipinski definition) is 2. The molecule has 0 bridgehead atoms. The fourth-order valence-electron chi connectivity index (χ4n) is 2.30. The number of benzene rings is 1. The first-order valence-electron chi connectivity index (χ1n) is 7.13. The molecule has 0 aliphatic rings. The number of hydrogen-bond acceptors (Lipinski definition) is 3. The quantitative estimate of drug-likeness (QED) is 0.883. The van der Waals surface area contributed by atoms with Crippen molar-refractivity contribution in [2.45, 2.75) is 33.2 Å². The summed E-state index contributed by atoms with van der Waals surface area (Å²) in [4.78, 5) is 12.0. The normalized spacial score (nSPS) is 11.6. The Morgan fingerprint density at radius 1 is 1.32 bits per heavy atom. The molecule has 0 fully saturated rings. The number of aromatic nitrogens is 2. The van der Waals surface area contributed by atoms with Gasteiger partial charge in [-0.1, -0.05) is 18.2 Å². The van der Waals surface area contributed by atoms with Gasteiger partial charge in [-0.25, -0.2) is 4.68 Å². The molecule has 0 saturated carbocycles. The van der Waals surface area contributed by atoms with Gasteiger partial charge >= 0.3 is 0 Å². The molecule has 1 amide bonds. The van der Waals surface area contributed by atoms with Crippen LogP contribution in [0.25, 0.3) is 5.69 Å². The Morgan fingerprint density at radius 2 is 1.95 bits per heavy atom. The van der Waals surface area contributed by atoms with Crippen LogP contribution in [0.2, 0.25) is 0 Å². The number of amides is 1. The van der Waals surface area contributed by atoms with E-state index in [2.05, 4.69) is 10.4 Å². The van der Waals surface area contributed by atoms with Gasteiger partial charge in [-0.2, -0.15) is 5.10 Å². The molecular formula is C16H23ClN4O. The number of halogens is 1. The maximum atomic E-state index is 12.0. The van der Waals surface area contributed by atoms with E-state index in [9.17, 15) is 4.79 Å². The van der Waals surface area contributed by atoms with Crippen molar-refractivity contribution in [2.24, 2.45) is 5.73 Å². The van der Waals surface area contributed by atoms with Crippen LogP contribution in [0.1, 0.15) is 23.9 Å². The van der Waals surface area contributed by atoms with Crippen molar-refractivity contribution < 1.29 is 4.79 Å². The van der Waals surface area contributed by atoms with E-state index in [0.29, 0.717) is 13.0 Å². The van der Waals surface area contributed by atoms with Gasteiger partial charge in [0.1, 0.15) is 0 Å². The first kappa shape index (κ1) is 18.2. The van der Waals surface area contributed by atoms with E-state index in [0.717, 1.165) is 22.6 Å². The predicted octanol–water partition coefficient (Wildman–Crippen LogP) is 1.92. The molecule has 0 aliphatic heterocycles. The molecule has 5 nitrogen and oxygen atoms in total. The number of nitrogens with zero attached hydrogens (tertiary/aromatic N) is 2. The van der Waals surface area contributed by atoms with Crippen molar-refractivity contribution >= 4 is 18.3 Å². The van der Waals surface area contributed by atoms with E-state index in [4.69, 9.17) is 5.73 Å². The summed E-state index contributed by atoms with van der Waals surface area (Å²) in [7, 11) is 0. The highest BCUT2D eigenvalue weighted by atomic mass is 35.5. The van der Waals surface area contributed by atoms with Crippen molar-refractivity contribution in [1.82, 2.24) is 15.1 Å². The lowest BCUT2D eigenvalue weighted by molar-refractivity contribution is -0.121. The molecule has 1 aromatic carbocycles. The van der Waals surface area contributed by atoms with Crippen LogP contribution in [0.15, 0.2) is 30.3 Å². The van der Waals surface area contributed by atoms with Crippen molar-refractivity contribution in [1.29, 1.82) is 0 Å². The summed E-state index contributed by atoms with van der Waals surface area (Å²) in [6.07, 6.45) is 0.328. The zero-order valence-corrected chi connectivity index (χ0v) is 14.0. The fraction of sp³-hybridized carbons (Fsp3) is 0.375. The molecule has 22 heavy (non-hydrogen) atoms. The molecular weight excluding hydrogens is 300 g/mol. The number of nitrogens with two attached hydrogens (primary N) is 1. The summed E-state index contributed by atoms with van der Waals surface area (Å²) in [5.41, 5.74) is 9.37. The van der Waals surface area contributed by atoms with E-state index in [1.165, 1.54) is 0 Å². The van der Waals surface area contributed by atoms with Crippen LogP contribution in [0.4, 0.5) is 0 Å².